The van der Waals surface area contributed by atoms with Crippen LogP contribution < -0.4 is 0 Å². The van der Waals surface area contributed by atoms with Gasteiger partial charge in [0.15, 0.2) is 5.82 Å². The number of thiophene rings is 1. The number of para-hydroxylation sites is 2. The Balaban J connectivity index is 1.26. The van der Waals surface area contributed by atoms with Gasteiger partial charge in [-0.2, -0.15) is 15.0 Å². The zero-order valence-corrected chi connectivity index (χ0v) is 32.8. The fourth-order valence-electron chi connectivity index (χ4n) is 7.95. The number of fused-ring (bicyclic) bond motifs is 9. The molecule has 4 aromatic heterocycles. The van der Waals surface area contributed by atoms with Crippen LogP contribution in [0.15, 0.2) is 212 Å². The second-order valence-corrected chi connectivity index (χ2v) is 15.3. The van der Waals surface area contributed by atoms with Crippen LogP contribution in [0.3, 0.4) is 0 Å². The predicted molar refractivity (Wildman–Crippen MR) is 263 cm³/mol. The zero-order chi connectivity index (χ0) is 62.3. The number of benzene rings is 9. The standard InChI is InChI=1S/C57H35N5S/c1-3-15-36(16-4-1)38-29-31-45-46-32-30-39(37-17-5-2-6-18-37)35-51(46)62(50(45)34-38)57-59-55(58-56(60-57)61-48-25-10-7-21-43(48)44-22-8-11-26-49(44)61)41-20-13-19-40(33-41)42-24-14-28-53-54(42)47-23-9-12-27-52(47)63-53/h1-35H/i1D,2D,3D,4D,5D,6D,7D,8D,10D,11D,15D,16D,17D,18D,21D,22D,25D,26D,29D,30D,31D,32D,34D,35D. The summed E-state index contributed by atoms with van der Waals surface area (Å²) >= 11 is 1.57. The lowest BCUT2D eigenvalue weighted by atomic mass is 9.98. The van der Waals surface area contributed by atoms with Crippen LogP contribution in [0.1, 0.15) is 32.9 Å². The lowest BCUT2D eigenvalue weighted by Crippen LogP contribution is -2.10. The zero-order valence-electron chi connectivity index (χ0n) is 56.0. The van der Waals surface area contributed by atoms with E-state index in [1.807, 2.05) is 48.5 Å². The van der Waals surface area contributed by atoms with Crippen LogP contribution in [-0.4, -0.2) is 24.1 Å². The fraction of sp³-hybridized carbons (Fsp3) is 0. The van der Waals surface area contributed by atoms with E-state index in [9.17, 15) is 13.7 Å². The first-order chi connectivity index (χ1) is 41.2. The smallest absolute Gasteiger partial charge is 0.240 e. The van der Waals surface area contributed by atoms with Crippen LogP contribution in [0.2, 0.25) is 0 Å². The highest BCUT2D eigenvalue weighted by atomic mass is 32.1. The lowest BCUT2D eigenvalue weighted by molar-refractivity contribution is 0.893. The summed E-state index contributed by atoms with van der Waals surface area (Å²) in [6, 6.07) is 0.275. The number of hydrogen-bond donors (Lipinski definition) is 0. The second-order valence-electron chi connectivity index (χ2n) is 14.2. The Labute approximate surface area is 400 Å². The molecule has 0 saturated carbocycles. The van der Waals surface area contributed by atoms with Crippen molar-refractivity contribution in [1.29, 1.82) is 0 Å². The lowest BCUT2D eigenvalue weighted by Gasteiger charge is -2.14. The Hall–Kier alpha value is -8.19. The molecular formula is C57H35N5S. The van der Waals surface area contributed by atoms with E-state index < -0.39 is 212 Å². The minimum Gasteiger partial charge on any atom is -0.278 e. The minimum atomic E-state index is -0.909. The Morgan fingerprint density at radius 1 is 0.381 bits per heavy atom. The Morgan fingerprint density at radius 2 is 0.905 bits per heavy atom. The molecule has 0 bridgehead atoms. The number of hydrogen-bond acceptors (Lipinski definition) is 4. The van der Waals surface area contributed by atoms with Gasteiger partial charge in [-0.05, 0) is 75.7 Å². The highest BCUT2D eigenvalue weighted by Crippen LogP contribution is 2.42. The summed E-state index contributed by atoms with van der Waals surface area (Å²) in [6.45, 7) is 0. The molecule has 0 radical (unpaired) electrons. The molecule has 9 aromatic carbocycles. The molecule has 6 heteroatoms. The van der Waals surface area contributed by atoms with Gasteiger partial charge in [-0.1, -0.05) is 169 Å². The van der Waals surface area contributed by atoms with E-state index in [4.69, 9.17) is 34.1 Å². The topological polar surface area (TPSA) is 48.5 Å². The Kier molecular flexibility index (Phi) is 4.34. The van der Waals surface area contributed by atoms with E-state index in [1.54, 1.807) is 29.5 Å². The maximum absolute atomic E-state index is 10.1. The van der Waals surface area contributed by atoms with Crippen molar-refractivity contribution in [2.45, 2.75) is 0 Å². The molecule has 0 fully saturated rings. The van der Waals surface area contributed by atoms with Gasteiger partial charge in [-0.25, -0.2) is 0 Å². The third-order valence-corrected chi connectivity index (χ3v) is 11.8. The molecule has 0 N–H and O–H groups in total. The maximum atomic E-state index is 10.1. The summed E-state index contributed by atoms with van der Waals surface area (Å²) in [6.07, 6.45) is 0. The highest BCUT2D eigenvalue weighted by molar-refractivity contribution is 7.25. The van der Waals surface area contributed by atoms with Crippen molar-refractivity contribution in [3.05, 3.63) is 212 Å². The summed E-state index contributed by atoms with van der Waals surface area (Å²) < 4.78 is 222. The summed E-state index contributed by atoms with van der Waals surface area (Å²) in [5, 5.41) is 0.0429. The molecule has 0 amide bonds. The number of nitrogens with zero attached hydrogens (tertiary/aromatic N) is 5. The molecule has 5 nitrogen and oxygen atoms in total. The monoisotopic (exact) mass is 845 g/mol. The molecule has 13 rings (SSSR count). The molecule has 294 valence electrons. The third kappa shape index (κ3) is 5.73. The van der Waals surface area contributed by atoms with Gasteiger partial charge in [0, 0.05) is 47.3 Å². The predicted octanol–water partition coefficient (Wildman–Crippen LogP) is 15.1. The second kappa shape index (κ2) is 14.2. The molecule has 0 atom stereocenters. The van der Waals surface area contributed by atoms with Gasteiger partial charge < -0.3 is 0 Å². The number of rotatable bonds is 6. The Bertz CT molecular complexity index is 5080. The molecule has 0 aliphatic carbocycles. The van der Waals surface area contributed by atoms with E-state index in [1.165, 1.54) is 0 Å². The molecule has 0 saturated heterocycles. The van der Waals surface area contributed by atoms with Crippen molar-refractivity contribution in [2.75, 3.05) is 0 Å². The average molecular weight is 846 g/mol. The molecule has 0 aliphatic rings. The molecule has 0 aliphatic heterocycles. The van der Waals surface area contributed by atoms with Gasteiger partial charge >= 0.3 is 0 Å². The quantitative estimate of drug-likeness (QED) is 0.167. The molecular weight excluding hydrogens is 787 g/mol. The van der Waals surface area contributed by atoms with Crippen molar-refractivity contribution in [3.8, 4) is 56.7 Å². The van der Waals surface area contributed by atoms with Gasteiger partial charge in [-0.3, -0.25) is 9.13 Å². The largest absolute Gasteiger partial charge is 0.278 e. The van der Waals surface area contributed by atoms with Gasteiger partial charge in [0.25, 0.3) is 0 Å². The highest BCUT2D eigenvalue weighted by Gasteiger charge is 2.22. The van der Waals surface area contributed by atoms with Gasteiger partial charge in [0.1, 0.15) is 0 Å². The molecule has 13 aromatic rings. The van der Waals surface area contributed by atoms with Crippen LogP contribution in [0.5, 0.6) is 0 Å². The summed E-state index contributed by atoms with van der Waals surface area (Å²) in [5.74, 6) is -1.66. The van der Waals surface area contributed by atoms with E-state index in [2.05, 4.69) is 0 Å². The van der Waals surface area contributed by atoms with Crippen LogP contribution in [-0.2, 0) is 0 Å². The van der Waals surface area contributed by atoms with Crippen molar-refractivity contribution in [2.24, 2.45) is 0 Å². The van der Waals surface area contributed by atoms with E-state index in [0.717, 1.165) is 34.9 Å². The molecule has 4 heterocycles. The first-order valence-corrected chi connectivity index (χ1v) is 20.1. The minimum absolute atomic E-state index is 0.181. The molecule has 0 unspecified atom stereocenters. The fourth-order valence-corrected chi connectivity index (χ4v) is 9.08. The van der Waals surface area contributed by atoms with E-state index >= 15 is 0 Å². The third-order valence-electron chi connectivity index (χ3n) is 10.7. The van der Waals surface area contributed by atoms with Crippen LogP contribution >= 0.6 is 11.3 Å². The van der Waals surface area contributed by atoms with Gasteiger partial charge in [0.05, 0.1) is 55.0 Å². The van der Waals surface area contributed by atoms with Gasteiger partial charge in [0.2, 0.25) is 11.9 Å². The van der Waals surface area contributed by atoms with Crippen molar-refractivity contribution in [1.82, 2.24) is 24.1 Å². The van der Waals surface area contributed by atoms with Crippen molar-refractivity contribution in [3.63, 3.8) is 0 Å². The van der Waals surface area contributed by atoms with Crippen LogP contribution in [0, 0.1) is 0 Å². The summed E-state index contributed by atoms with van der Waals surface area (Å²) in [7, 11) is 0. The molecule has 0 spiro atoms. The van der Waals surface area contributed by atoms with Gasteiger partial charge in [-0.15, -0.1) is 11.3 Å². The van der Waals surface area contributed by atoms with Crippen LogP contribution in [0.25, 0.3) is 120 Å². The van der Waals surface area contributed by atoms with Crippen LogP contribution in [0.4, 0.5) is 0 Å². The van der Waals surface area contributed by atoms with E-state index in [-0.39, 0.29) is 22.2 Å². The SMILES string of the molecule is [2H]c1c([2H])c([2H])c(-c2c([2H])c([2H])c3c4c([2H])c([2H])c(-c5c([2H])c([2H])c([2H])c([2H])c5[2H])c([2H])c4n(-c4nc(-c5cccc(-c6cccc7sc8ccccc8c67)c5)nc(-n5c6c([2H])c([2H])c([2H])c([2H])c6c6c([2H])c([2H])c([2H])c([2H])c65)n4)c3c2[2H])c([2H])c1[2H]. The van der Waals surface area contributed by atoms with Crippen molar-refractivity contribution >= 4 is 75.1 Å². The first kappa shape index (κ1) is 19.2. The average Bonchev–Trinajstić information content (AvgIpc) is 1.70. The van der Waals surface area contributed by atoms with E-state index in [0.29, 0.717) is 5.56 Å². The molecule has 63 heavy (non-hydrogen) atoms. The summed E-state index contributed by atoms with van der Waals surface area (Å²) in [4.78, 5) is 14.8. The maximum Gasteiger partial charge on any atom is 0.240 e. The number of aromatic nitrogens is 5. The first-order valence-electron chi connectivity index (χ1n) is 31.2. The Morgan fingerprint density at radius 3 is 1.56 bits per heavy atom. The summed E-state index contributed by atoms with van der Waals surface area (Å²) in [5.41, 5.74) is -3.43. The normalized spacial score (nSPS) is 17.1. The van der Waals surface area contributed by atoms with Crippen molar-refractivity contribution < 1.29 is 32.9 Å².